The molecular weight excluding hydrogens is 491 g/mol. The molecule has 0 unspecified atom stereocenters. The number of hydrogen-bond donors (Lipinski definition) is 0. The fourth-order valence-electron chi connectivity index (χ4n) is 4.67. The minimum atomic E-state index is -3.32. The summed E-state index contributed by atoms with van der Waals surface area (Å²) in [7, 11) is -1.66. The van der Waals surface area contributed by atoms with Crippen LogP contribution in [0.3, 0.4) is 0 Å². The number of methoxy groups -OCH3 is 1. The van der Waals surface area contributed by atoms with Crippen molar-refractivity contribution < 1.29 is 23.1 Å². The Balaban J connectivity index is 2.36. The first kappa shape index (κ1) is 27.0. The second kappa shape index (κ2) is 12.3. The quantitative estimate of drug-likeness (QED) is 0.198. The van der Waals surface area contributed by atoms with Gasteiger partial charge in [-0.1, -0.05) is 35.0 Å². The van der Waals surface area contributed by atoms with Gasteiger partial charge >= 0.3 is 7.60 Å². The third-order valence-electron chi connectivity index (χ3n) is 6.36. The molecule has 0 N–H and O–H groups in total. The highest BCUT2D eigenvalue weighted by molar-refractivity contribution is 9.10. The monoisotopic (exact) mass is 526 g/mol. The zero-order valence-electron chi connectivity index (χ0n) is 19.6. The third-order valence-corrected chi connectivity index (χ3v) is 8.90. The van der Waals surface area contributed by atoms with Gasteiger partial charge in [-0.15, -0.1) is 6.58 Å². The topological polar surface area (TPSA) is 61.8 Å². The van der Waals surface area contributed by atoms with E-state index in [0.717, 1.165) is 35.0 Å². The lowest BCUT2D eigenvalue weighted by atomic mass is 9.69. The molecule has 32 heavy (non-hydrogen) atoms. The van der Waals surface area contributed by atoms with Gasteiger partial charge in [0.25, 0.3) is 0 Å². The SMILES string of the molecule is C=CC[C@]1(C)C(=O)CC[C@H]1[C@@H](/C=C/P(=O)(OCC)OCC)CCc1cc(OC)ccc1Br. The molecule has 1 fully saturated rings. The molecule has 0 bridgehead atoms. The molecule has 1 aliphatic rings. The van der Waals surface area contributed by atoms with Crippen LogP contribution in [0.5, 0.6) is 5.75 Å². The summed E-state index contributed by atoms with van der Waals surface area (Å²) in [5, 5.41) is 0. The van der Waals surface area contributed by atoms with E-state index in [-0.39, 0.29) is 17.6 Å². The highest BCUT2D eigenvalue weighted by atomic mass is 79.9. The minimum Gasteiger partial charge on any atom is -0.497 e. The Morgan fingerprint density at radius 1 is 1.31 bits per heavy atom. The second-order valence-electron chi connectivity index (χ2n) is 8.36. The molecule has 2 rings (SSSR count). The second-order valence-corrected chi connectivity index (χ2v) is 11.1. The van der Waals surface area contributed by atoms with E-state index in [0.29, 0.717) is 26.1 Å². The lowest BCUT2D eigenvalue weighted by Crippen LogP contribution is -2.32. The highest BCUT2D eigenvalue weighted by Gasteiger charge is 2.47. The van der Waals surface area contributed by atoms with Crippen LogP contribution >= 0.6 is 23.5 Å². The summed E-state index contributed by atoms with van der Waals surface area (Å²) in [6, 6.07) is 5.93. The molecule has 0 aliphatic heterocycles. The van der Waals surface area contributed by atoms with Crippen molar-refractivity contribution in [3.63, 3.8) is 0 Å². The number of rotatable bonds is 13. The van der Waals surface area contributed by atoms with E-state index in [1.54, 1.807) is 26.8 Å². The largest absolute Gasteiger partial charge is 0.497 e. The van der Waals surface area contributed by atoms with Crippen molar-refractivity contribution in [1.29, 1.82) is 0 Å². The van der Waals surface area contributed by atoms with Gasteiger partial charge in [-0.05, 0) is 75.1 Å². The molecule has 3 atom stereocenters. The Kier molecular flexibility index (Phi) is 10.4. The molecule has 0 heterocycles. The average molecular weight is 527 g/mol. The number of ether oxygens (including phenoxy) is 1. The van der Waals surface area contributed by atoms with E-state index in [1.165, 1.54) is 0 Å². The van der Waals surface area contributed by atoms with Gasteiger partial charge in [0, 0.05) is 22.1 Å². The van der Waals surface area contributed by atoms with Gasteiger partial charge in [0.2, 0.25) is 0 Å². The Morgan fingerprint density at radius 3 is 2.59 bits per heavy atom. The first-order chi connectivity index (χ1) is 15.2. The molecule has 0 amide bonds. The summed E-state index contributed by atoms with van der Waals surface area (Å²) in [5.74, 6) is 2.85. The predicted octanol–water partition coefficient (Wildman–Crippen LogP) is 7.35. The molecule has 1 saturated carbocycles. The van der Waals surface area contributed by atoms with Gasteiger partial charge in [0.15, 0.2) is 0 Å². The Labute approximate surface area is 201 Å². The normalized spacial score (nSPS) is 22.4. The van der Waals surface area contributed by atoms with Crippen molar-refractivity contribution >= 4 is 29.3 Å². The smallest absolute Gasteiger partial charge is 0.353 e. The van der Waals surface area contributed by atoms with Gasteiger partial charge in [0.1, 0.15) is 11.5 Å². The summed E-state index contributed by atoms with van der Waals surface area (Å²) >= 11 is 3.64. The van der Waals surface area contributed by atoms with Crippen LogP contribution in [0.25, 0.3) is 0 Å². The molecule has 1 aromatic rings. The molecule has 0 spiro atoms. The van der Waals surface area contributed by atoms with Crippen LogP contribution in [0.2, 0.25) is 0 Å². The van der Waals surface area contributed by atoms with Crippen LogP contribution in [0.15, 0.2) is 47.2 Å². The van der Waals surface area contributed by atoms with E-state index in [4.69, 9.17) is 13.8 Å². The van der Waals surface area contributed by atoms with Crippen LogP contribution < -0.4 is 4.74 Å². The van der Waals surface area contributed by atoms with E-state index < -0.39 is 13.0 Å². The Hall–Kier alpha value is -1.20. The van der Waals surface area contributed by atoms with Crippen LogP contribution in [-0.4, -0.2) is 26.1 Å². The summed E-state index contributed by atoms with van der Waals surface area (Å²) < 4.78 is 30.4. The van der Waals surface area contributed by atoms with Crippen LogP contribution in [0, 0.1) is 17.3 Å². The number of ketones is 1. The fraction of sp³-hybridized carbons (Fsp3) is 0.560. The van der Waals surface area contributed by atoms with Crippen molar-refractivity contribution in [2.45, 2.75) is 52.9 Å². The summed E-state index contributed by atoms with van der Waals surface area (Å²) in [5.41, 5.74) is 0.666. The van der Waals surface area contributed by atoms with E-state index in [9.17, 15) is 9.36 Å². The van der Waals surface area contributed by atoms with Crippen molar-refractivity contribution in [2.24, 2.45) is 17.3 Å². The zero-order valence-corrected chi connectivity index (χ0v) is 22.1. The molecule has 178 valence electrons. The Bertz CT molecular complexity index is 858. The van der Waals surface area contributed by atoms with Crippen LogP contribution in [-0.2, 0) is 24.8 Å². The zero-order chi connectivity index (χ0) is 23.8. The fourth-order valence-corrected chi connectivity index (χ4v) is 6.51. The summed E-state index contributed by atoms with van der Waals surface area (Å²) in [6.07, 6.45) is 7.40. The molecule has 0 radical (unpaired) electrons. The number of allylic oxidation sites excluding steroid dienone is 2. The molecule has 0 saturated heterocycles. The minimum absolute atomic E-state index is 0.0405. The lowest BCUT2D eigenvalue weighted by Gasteiger charge is -2.34. The number of benzene rings is 1. The first-order valence-corrected chi connectivity index (χ1v) is 13.7. The van der Waals surface area contributed by atoms with Gasteiger partial charge in [-0.25, -0.2) is 0 Å². The molecule has 1 aromatic carbocycles. The van der Waals surface area contributed by atoms with Gasteiger partial charge in [0.05, 0.1) is 20.3 Å². The van der Waals surface area contributed by atoms with Gasteiger partial charge in [-0.3, -0.25) is 9.36 Å². The van der Waals surface area contributed by atoms with E-state index >= 15 is 0 Å². The molecule has 1 aliphatic carbocycles. The first-order valence-electron chi connectivity index (χ1n) is 11.3. The standard InChI is InChI=1S/C25H36BrO5P/c1-6-16-25(4)22(12-14-24(25)27)19(15-17-32(28,30-7-2)31-8-3)9-10-20-18-21(29-5)11-13-23(20)26/h6,11,13,15,17-19,22H,1,7-10,12,14,16H2,2-5H3/b17-15+/t19-,22+,25+/m1/s1. The number of carbonyl (C=O) groups is 1. The maximum atomic E-state index is 13.1. The number of hydrogen-bond acceptors (Lipinski definition) is 5. The van der Waals surface area contributed by atoms with Crippen molar-refractivity contribution in [3.8, 4) is 5.75 Å². The van der Waals surface area contributed by atoms with Crippen LogP contribution in [0.4, 0.5) is 0 Å². The molecular formula is C25H36BrO5P. The van der Waals surface area contributed by atoms with E-state index in [1.807, 2.05) is 37.3 Å². The van der Waals surface area contributed by atoms with Crippen molar-refractivity contribution in [3.05, 3.63) is 52.8 Å². The number of carbonyl (C=O) groups excluding carboxylic acids is 1. The average Bonchev–Trinajstić information content (AvgIpc) is 3.04. The van der Waals surface area contributed by atoms with Crippen molar-refractivity contribution in [1.82, 2.24) is 0 Å². The van der Waals surface area contributed by atoms with Crippen molar-refractivity contribution in [2.75, 3.05) is 20.3 Å². The van der Waals surface area contributed by atoms with Crippen LogP contribution in [0.1, 0.15) is 52.0 Å². The number of halogens is 1. The summed E-state index contributed by atoms with van der Waals surface area (Å²) in [4.78, 5) is 12.8. The number of Topliss-reactive ketones (excluding diaryl/α,β-unsaturated/α-hetero) is 1. The lowest BCUT2D eigenvalue weighted by molar-refractivity contribution is -0.126. The van der Waals surface area contributed by atoms with Gasteiger partial charge < -0.3 is 13.8 Å². The maximum absolute atomic E-state index is 13.1. The van der Waals surface area contributed by atoms with E-state index in [2.05, 4.69) is 22.5 Å². The molecule has 5 nitrogen and oxygen atoms in total. The predicted molar refractivity (Wildman–Crippen MR) is 133 cm³/mol. The highest BCUT2D eigenvalue weighted by Crippen LogP contribution is 2.53. The molecule has 7 heteroatoms. The maximum Gasteiger partial charge on any atom is 0.353 e. The number of aryl methyl sites for hydroxylation is 1. The third kappa shape index (κ3) is 6.66. The Morgan fingerprint density at radius 2 is 2.00 bits per heavy atom. The molecule has 0 aromatic heterocycles. The van der Waals surface area contributed by atoms with Gasteiger partial charge in [-0.2, -0.15) is 0 Å². The summed E-state index contributed by atoms with van der Waals surface area (Å²) in [6.45, 7) is 10.1.